The van der Waals surface area contributed by atoms with Gasteiger partial charge in [-0.1, -0.05) is 28.1 Å². The van der Waals surface area contributed by atoms with Crippen LogP contribution >= 0.6 is 31.9 Å². The van der Waals surface area contributed by atoms with Crippen LogP contribution in [0.5, 0.6) is 0 Å². The van der Waals surface area contributed by atoms with Crippen molar-refractivity contribution in [2.45, 2.75) is 0 Å². The second-order valence-corrected chi connectivity index (χ2v) is 4.54. The Morgan fingerprint density at radius 3 is 2.64 bits per heavy atom. The summed E-state index contributed by atoms with van der Waals surface area (Å²) in [5, 5.41) is 0.791. The smallest absolute Gasteiger partial charge is 0.254 e. The first-order valence-corrected chi connectivity index (χ1v) is 6.14. The molecule has 0 aromatic heterocycles. The van der Waals surface area contributed by atoms with Crippen molar-refractivity contribution in [1.29, 1.82) is 0 Å². The van der Waals surface area contributed by atoms with Crippen LogP contribution in [0.15, 0.2) is 28.7 Å². The number of halogens is 2. The molecule has 0 N–H and O–H groups in total. The van der Waals surface area contributed by atoms with Gasteiger partial charge in [0, 0.05) is 23.4 Å². The first-order chi connectivity index (χ1) is 6.66. The van der Waals surface area contributed by atoms with Crippen LogP contribution < -0.4 is 0 Å². The first kappa shape index (κ1) is 11.7. The number of carbonyl (C=O) groups is 1. The molecule has 0 spiro atoms. The van der Waals surface area contributed by atoms with Crippen molar-refractivity contribution in [3.63, 3.8) is 0 Å². The largest absolute Gasteiger partial charge is 0.341 e. The Hall–Kier alpha value is -0.350. The summed E-state index contributed by atoms with van der Waals surface area (Å²) >= 11 is 6.66. The second kappa shape index (κ2) is 5.51. The van der Waals surface area contributed by atoms with Crippen molar-refractivity contribution in [2.24, 2.45) is 0 Å². The molecule has 0 fully saturated rings. The van der Waals surface area contributed by atoms with Crippen LogP contribution in [0.1, 0.15) is 10.4 Å². The Bertz CT molecular complexity index is 328. The van der Waals surface area contributed by atoms with E-state index in [-0.39, 0.29) is 5.91 Å². The van der Waals surface area contributed by atoms with Gasteiger partial charge in [-0.2, -0.15) is 0 Å². The average Bonchev–Trinajstić information content (AvgIpc) is 2.18. The zero-order valence-corrected chi connectivity index (χ0v) is 11.0. The summed E-state index contributed by atoms with van der Waals surface area (Å²) in [6.07, 6.45) is 0. The Labute approximate surface area is 101 Å². The average molecular weight is 321 g/mol. The van der Waals surface area contributed by atoms with Crippen LogP contribution in [0.3, 0.4) is 0 Å². The molecule has 76 valence electrons. The Morgan fingerprint density at radius 2 is 2.07 bits per heavy atom. The number of rotatable bonds is 3. The van der Waals surface area contributed by atoms with E-state index in [1.165, 1.54) is 0 Å². The Morgan fingerprint density at radius 1 is 1.43 bits per heavy atom. The van der Waals surface area contributed by atoms with E-state index >= 15 is 0 Å². The van der Waals surface area contributed by atoms with Crippen LogP contribution in [-0.4, -0.2) is 29.7 Å². The highest BCUT2D eigenvalue weighted by molar-refractivity contribution is 9.10. The maximum atomic E-state index is 11.8. The van der Waals surface area contributed by atoms with Gasteiger partial charge in [0.05, 0.1) is 5.56 Å². The van der Waals surface area contributed by atoms with Crippen molar-refractivity contribution in [3.05, 3.63) is 34.3 Å². The van der Waals surface area contributed by atoms with Gasteiger partial charge in [0.15, 0.2) is 0 Å². The lowest BCUT2D eigenvalue weighted by atomic mass is 10.2. The molecular formula is C10H11Br2NO. The zero-order valence-electron chi connectivity index (χ0n) is 7.84. The molecule has 1 aromatic rings. The third-order valence-corrected chi connectivity index (χ3v) is 2.92. The molecule has 0 aliphatic heterocycles. The van der Waals surface area contributed by atoms with Crippen LogP contribution in [-0.2, 0) is 0 Å². The van der Waals surface area contributed by atoms with Crippen LogP contribution in [0.4, 0.5) is 0 Å². The molecule has 0 atom stereocenters. The van der Waals surface area contributed by atoms with Crippen molar-refractivity contribution < 1.29 is 4.79 Å². The van der Waals surface area contributed by atoms with E-state index in [4.69, 9.17) is 0 Å². The van der Waals surface area contributed by atoms with Crippen molar-refractivity contribution in [2.75, 3.05) is 18.9 Å². The number of hydrogen-bond acceptors (Lipinski definition) is 1. The Balaban J connectivity index is 2.84. The molecule has 1 rings (SSSR count). The van der Waals surface area contributed by atoms with Gasteiger partial charge >= 0.3 is 0 Å². The van der Waals surface area contributed by atoms with Gasteiger partial charge in [-0.3, -0.25) is 4.79 Å². The minimum Gasteiger partial charge on any atom is -0.341 e. The highest BCUT2D eigenvalue weighted by Gasteiger charge is 2.12. The molecule has 14 heavy (non-hydrogen) atoms. The highest BCUT2D eigenvalue weighted by atomic mass is 79.9. The molecule has 0 bridgehead atoms. The lowest BCUT2D eigenvalue weighted by Gasteiger charge is -2.16. The summed E-state index contributed by atoms with van der Waals surface area (Å²) in [6.45, 7) is 0.708. The van der Waals surface area contributed by atoms with Gasteiger partial charge in [-0.25, -0.2) is 0 Å². The molecule has 0 aliphatic carbocycles. The van der Waals surface area contributed by atoms with E-state index < -0.39 is 0 Å². The number of alkyl halides is 1. The summed E-state index contributed by atoms with van der Waals surface area (Å²) in [4.78, 5) is 13.5. The third-order valence-electron chi connectivity index (χ3n) is 1.87. The van der Waals surface area contributed by atoms with Crippen LogP contribution in [0.2, 0.25) is 0 Å². The SMILES string of the molecule is CN(CCBr)C(=O)c1ccccc1Br. The van der Waals surface area contributed by atoms with Crippen LogP contribution in [0.25, 0.3) is 0 Å². The summed E-state index contributed by atoms with van der Waals surface area (Å²) in [5.41, 5.74) is 0.705. The van der Waals surface area contributed by atoms with E-state index in [9.17, 15) is 4.79 Å². The minimum atomic E-state index is 0.0388. The van der Waals surface area contributed by atoms with Gasteiger partial charge in [0.25, 0.3) is 5.91 Å². The zero-order chi connectivity index (χ0) is 10.6. The molecule has 1 aromatic carbocycles. The second-order valence-electron chi connectivity index (χ2n) is 2.90. The monoisotopic (exact) mass is 319 g/mol. The molecular weight excluding hydrogens is 310 g/mol. The molecule has 4 heteroatoms. The van der Waals surface area contributed by atoms with E-state index in [1.807, 2.05) is 24.3 Å². The summed E-state index contributed by atoms with van der Waals surface area (Å²) < 4.78 is 0.839. The lowest BCUT2D eigenvalue weighted by Crippen LogP contribution is -2.28. The van der Waals surface area contributed by atoms with Gasteiger partial charge in [-0.05, 0) is 28.1 Å². The molecule has 0 heterocycles. The number of carbonyl (C=O) groups excluding carboxylic acids is 1. The molecule has 0 saturated heterocycles. The summed E-state index contributed by atoms with van der Waals surface area (Å²) in [7, 11) is 1.79. The first-order valence-electron chi connectivity index (χ1n) is 4.22. The normalized spacial score (nSPS) is 9.93. The number of amides is 1. The molecule has 2 nitrogen and oxygen atoms in total. The Kier molecular flexibility index (Phi) is 4.62. The molecule has 0 aliphatic rings. The van der Waals surface area contributed by atoms with Crippen molar-refractivity contribution in [3.8, 4) is 0 Å². The third kappa shape index (κ3) is 2.82. The quantitative estimate of drug-likeness (QED) is 0.784. The molecule has 0 unspecified atom stereocenters. The number of benzene rings is 1. The maximum absolute atomic E-state index is 11.8. The van der Waals surface area contributed by atoms with E-state index in [0.29, 0.717) is 12.1 Å². The summed E-state index contributed by atoms with van der Waals surface area (Å²) in [5.74, 6) is 0.0388. The molecule has 0 saturated carbocycles. The van der Waals surface area contributed by atoms with E-state index in [1.54, 1.807) is 11.9 Å². The fourth-order valence-electron chi connectivity index (χ4n) is 1.07. The molecule has 0 radical (unpaired) electrons. The topological polar surface area (TPSA) is 20.3 Å². The van der Waals surface area contributed by atoms with E-state index in [2.05, 4.69) is 31.9 Å². The van der Waals surface area contributed by atoms with Crippen LogP contribution in [0, 0.1) is 0 Å². The van der Waals surface area contributed by atoms with E-state index in [0.717, 1.165) is 9.80 Å². The number of hydrogen-bond donors (Lipinski definition) is 0. The fourth-order valence-corrected chi connectivity index (χ4v) is 2.05. The van der Waals surface area contributed by atoms with Gasteiger partial charge in [0.2, 0.25) is 0 Å². The highest BCUT2D eigenvalue weighted by Crippen LogP contribution is 2.17. The van der Waals surface area contributed by atoms with Gasteiger partial charge in [0.1, 0.15) is 0 Å². The minimum absolute atomic E-state index is 0.0388. The maximum Gasteiger partial charge on any atom is 0.254 e. The molecule has 1 amide bonds. The van der Waals surface area contributed by atoms with Crippen molar-refractivity contribution in [1.82, 2.24) is 4.90 Å². The predicted molar refractivity (Wildman–Crippen MR) is 64.9 cm³/mol. The van der Waals surface area contributed by atoms with Crippen molar-refractivity contribution >= 4 is 37.8 Å². The lowest BCUT2D eigenvalue weighted by molar-refractivity contribution is 0.0803. The predicted octanol–water partition coefficient (Wildman–Crippen LogP) is 2.92. The van der Waals surface area contributed by atoms with Gasteiger partial charge in [-0.15, -0.1) is 0 Å². The summed E-state index contributed by atoms with van der Waals surface area (Å²) in [6, 6.07) is 7.44. The fraction of sp³-hybridized carbons (Fsp3) is 0.300. The number of nitrogens with zero attached hydrogens (tertiary/aromatic N) is 1. The standard InChI is InChI=1S/C10H11Br2NO/c1-13(7-6-11)10(14)8-4-2-3-5-9(8)12/h2-5H,6-7H2,1H3. The van der Waals surface area contributed by atoms with Gasteiger partial charge < -0.3 is 4.90 Å².